The van der Waals surface area contributed by atoms with E-state index in [2.05, 4.69) is 20.1 Å². The van der Waals surface area contributed by atoms with Crippen LogP contribution in [0.4, 0.5) is 5.82 Å². The second-order valence-corrected chi connectivity index (χ2v) is 6.41. The molecule has 9 heteroatoms. The van der Waals surface area contributed by atoms with E-state index in [1.807, 2.05) is 25.8 Å². The Morgan fingerprint density at radius 3 is 2.62 bits per heavy atom. The van der Waals surface area contributed by atoms with Crippen LogP contribution in [0.15, 0.2) is 4.52 Å². The predicted octanol–water partition coefficient (Wildman–Crippen LogP) is 2.42. The number of hydrogen-bond donors (Lipinski definition) is 0. The summed E-state index contributed by atoms with van der Waals surface area (Å²) < 4.78 is 9.86. The molecule has 0 saturated heterocycles. The van der Waals surface area contributed by atoms with Crippen LogP contribution in [-0.2, 0) is 11.3 Å². The summed E-state index contributed by atoms with van der Waals surface area (Å²) in [6, 6.07) is 0. The summed E-state index contributed by atoms with van der Waals surface area (Å²) >= 11 is 1.31. The molecule has 0 radical (unpaired) electrons. The standard InChI is InChI=1S/C15H17N5O3S/c1-7-11-13(20(4)6-10-18-9(3)23-19-10)16-8(2)17-14(11)24-12(7)15(21)22-5/h6H2,1-5H3. The highest BCUT2D eigenvalue weighted by molar-refractivity contribution is 7.20. The van der Waals surface area contributed by atoms with Crippen LogP contribution in [0.1, 0.15) is 32.8 Å². The van der Waals surface area contributed by atoms with Gasteiger partial charge in [-0.25, -0.2) is 14.8 Å². The van der Waals surface area contributed by atoms with Gasteiger partial charge < -0.3 is 14.2 Å². The quantitative estimate of drug-likeness (QED) is 0.664. The van der Waals surface area contributed by atoms with Crippen molar-refractivity contribution in [3.05, 3.63) is 28.0 Å². The molecule has 0 aliphatic heterocycles. The van der Waals surface area contributed by atoms with Gasteiger partial charge in [-0.05, 0) is 19.4 Å². The molecule has 0 bridgehead atoms. The number of esters is 1. The fraction of sp³-hybridized carbons (Fsp3) is 0.400. The number of ether oxygens (including phenoxy) is 1. The lowest BCUT2D eigenvalue weighted by molar-refractivity contribution is 0.0605. The molecule has 0 fully saturated rings. The van der Waals surface area contributed by atoms with Crippen LogP contribution in [0.3, 0.4) is 0 Å². The Labute approximate surface area is 142 Å². The van der Waals surface area contributed by atoms with Crippen molar-refractivity contribution in [1.82, 2.24) is 20.1 Å². The van der Waals surface area contributed by atoms with Crippen LogP contribution in [0.5, 0.6) is 0 Å². The highest BCUT2D eigenvalue weighted by Gasteiger charge is 2.22. The summed E-state index contributed by atoms with van der Waals surface area (Å²) in [4.78, 5) is 28.4. The highest BCUT2D eigenvalue weighted by Crippen LogP contribution is 2.35. The molecule has 3 heterocycles. The lowest BCUT2D eigenvalue weighted by Crippen LogP contribution is -2.19. The zero-order chi connectivity index (χ0) is 17.4. The van der Waals surface area contributed by atoms with Crippen molar-refractivity contribution in [2.45, 2.75) is 27.3 Å². The normalized spacial score (nSPS) is 11.0. The maximum absolute atomic E-state index is 12.0. The lowest BCUT2D eigenvalue weighted by atomic mass is 10.2. The first-order valence-corrected chi connectivity index (χ1v) is 8.08. The molecule has 0 amide bonds. The van der Waals surface area contributed by atoms with Gasteiger partial charge in [-0.2, -0.15) is 4.98 Å². The van der Waals surface area contributed by atoms with E-state index in [-0.39, 0.29) is 5.97 Å². The summed E-state index contributed by atoms with van der Waals surface area (Å²) in [5, 5.41) is 4.75. The maximum Gasteiger partial charge on any atom is 0.348 e. The molecule has 0 saturated carbocycles. The second kappa shape index (κ2) is 6.16. The molecule has 24 heavy (non-hydrogen) atoms. The van der Waals surface area contributed by atoms with Crippen LogP contribution in [0.2, 0.25) is 0 Å². The van der Waals surface area contributed by atoms with Crippen molar-refractivity contribution in [3.63, 3.8) is 0 Å². The molecule has 3 aromatic heterocycles. The molecule has 3 rings (SSSR count). The smallest absolute Gasteiger partial charge is 0.348 e. The zero-order valence-electron chi connectivity index (χ0n) is 14.1. The number of thiophene rings is 1. The first-order valence-electron chi connectivity index (χ1n) is 7.27. The van der Waals surface area contributed by atoms with Gasteiger partial charge >= 0.3 is 5.97 Å². The van der Waals surface area contributed by atoms with Crippen LogP contribution < -0.4 is 4.90 Å². The van der Waals surface area contributed by atoms with E-state index in [1.165, 1.54) is 18.4 Å². The van der Waals surface area contributed by atoms with Crippen LogP contribution >= 0.6 is 11.3 Å². The molecular formula is C15H17N5O3S. The van der Waals surface area contributed by atoms with E-state index in [0.717, 1.165) is 21.6 Å². The first kappa shape index (κ1) is 16.3. The van der Waals surface area contributed by atoms with E-state index < -0.39 is 0 Å². The van der Waals surface area contributed by atoms with Gasteiger partial charge in [0, 0.05) is 14.0 Å². The van der Waals surface area contributed by atoms with Gasteiger partial charge in [-0.15, -0.1) is 11.3 Å². The van der Waals surface area contributed by atoms with Gasteiger partial charge in [0.2, 0.25) is 5.89 Å². The Bertz CT molecular complexity index is 917. The number of carbonyl (C=O) groups is 1. The van der Waals surface area contributed by atoms with Gasteiger partial charge in [-0.1, -0.05) is 5.16 Å². The van der Waals surface area contributed by atoms with Gasteiger partial charge in [-0.3, -0.25) is 0 Å². The van der Waals surface area contributed by atoms with Crippen molar-refractivity contribution >= 4 is 33.3 Å². The maximum atomic E-state index is 12.0. The number of rotatable bonds is 4. The van der Waals surface area contributed by atoms with Crippen molar-refractivity contribution in [1.29, 1.82) is 0 Å². The molecule has 126 valence electrons. The molecule has 8 nitrogen and oxygen atoms in total. The Kier molecular flexibility index (Phi) is 4.18. The van der Waals surface area contributed by atoms with E-state index in [9.17, 15) is 4.79 Å². The summed E-state index contributed by atoms with van der Waals surface area (Å²) in [6.07, 6.45) is 0. The first-order chi connectivity index (χ1) is 11.4. The molecule has 3 aromatic rings. The summed E-state index contributed by atoms with van der Waals surface area (Å²) in [5.74, 6) is 2.08. The number of hydrogen-bond acceptors (Lipinski definition) is 9. The van der Waals surface area contributed by atoms with Crippen LogP contribution in [-0.4, -0.2) is 40.2 Å². The monoisotopic (exact) mass is 347 g/mol. The van der Waals surface area contributed by atoms with Gasteiger partial charge in [0.15, 0.2) is 5.82 Å². The van der Waals surface area contributed by atoms with Crippen LogP contribution in [0, 0.1) is 20.8 Å². The van der Waals surface area contributed by atoms with Gasteiger partial charge in [0.25, 0.3) is 0 Å². The van der Waals surface area contributed by atoms with E-state index in [1.54, 1.807) is 6.92 Å². The molecule has 0 spiro atoms. The zero-order valence-corrected chi connectivity index (χ0v) is 14.9. The topological polar surface area (TPSA) is 94.2 Å². The molecule has 0 aliphatic rings. The number of anilines is 1. The third kappa shape index (κ3) is 2.82. The molecular weight excluding hydrogens is 330 g/mol. The number of carbonyl (C=O) groups excluding carboxylic acids is 1. The molecule has 0 aliphatic carbocycles. The fourth-order valence-electron chi connectivity index (χ4n) is 2.48. The second-order valence-electron chi connectivity index (χ2n) is 5.41. The van der Waals surface area contributed by atoms with Crippen molar-refractivity contribution in [2.24, 2.45) is 0 Å². The Morgan fingerprint density at radius 1 is 1.25 bits per heavy atom. The average molecular weight is 347 g/mol. The van der Waals surface area contributed by atoms with Crippen molar-refractivity contribution in [2.75, 3.05) is 19.1 Å². The van der Waals surface area contributed by atoms with E-state index in [4.69, 9.17) is 9.26 Å². The fourth-order valence-corrected chi connectivity index (χ4v) is 3.62. The number of nitrogens with zero attached hydrogens (tertiary/aromatic N) is 5. The predicted molar refractivity (Wildman–Crippen MR) is 89.4 cm³/mol. The summed E-state index contributed by atoms with van der Waals surface area (Å²) in [5.41, 5.74) is 0.813. The van der Waals surface area contributed by atoms with Gasteiger partial charge in [0.1, 0.15) is 21.3 Å². The molecule has 0 aromatic carbocycles. The lowest BCUT2D eigenvalue weighted by Gasteiger charge is -2.17. The minimum absolute atomic E-state index is 0.365. The Morgan fingerprint density at radius 2 is 2.00 bits per heavy atom. The largest absolute Gasteiger partial charge is 0.465 e. The molecule has 0 unspecified atom stereocenters. The average Bonchev–Trinajstić information content (AvgIpc) is 3.09. The number of fused-ring (bicyclic) bond motifs is 1. The Hall–Kier alpha value is -2.55. The third-order valence-electron chi connectivity index (χ3n) is 3.56. The number of aromatic nitrogens is 4. The number of methoxy groups -OCH3 is 1. The summed E-state index contributed by atoms with van der Waals surface area (Å²) in [6.45, 7) is 5.88. The summed E-state index contributed by atoms with van der Waals surface area (Å²) in [7, 11) is 3.26. The van der Waals surface area contributed by atoms with Crippen LogP contribution in [0.25, 0.3) is 10.2 Å². The number of aryl methyl sites for hydroxylation is 3. The van der Waals surface area contributed by atoms with Crippen molar-refractivity contribution in [3.8, 4) is 0 Å². The Balaban J connectivity index is 2.09. The highest BCUT2D eigenvalue weighted by atomic mass is 32.1. The van der Waals surface area contributed by atoms with Gasteiger partial charge in [0.05, 0.1) is 19.0 Å². The third-order valence-corrected chi connectivity index (χ3v) is 4.73. The minimum Gasteiger partial charge on any atom is -0.465 e. The minimum atomic E-state index is -0.365. The van der Waals surface area contributed by atoms with Crippen molar-refractivity contribution < 1.29 is 14.1 Å². The molecule has 0 atom stereocenters. The van der Waals surface area contributed by atoms with E-state index in [0.29, 0.717) is 29.0 Å². The SMILES string of the molecule is COC(=O)c1sc2nc(C)nc(N(C)Cc3noc(C)n3)c2c1C. The molecule has 0 N–H and O–H groups in total. The van der Waals surface area contributed by atoms with E-state index >= 15 is 0 Å².